The van der Waals surface area contributed by atoms with Gasteiger partial charge in [-0.25, -0.2) is 0 Å². The Morgan fingerprint density at radius 3 is 2.35 bits per heavy atom. The van der Waals surface area contributed by atoms with E-state index in [0.29, 0.717) is 24.8 Å². The Hall–Kier alpha value is -1.45. The molecule has 0 aromatic rings. The van der Waals surface area contributed by atoms with E-state index in [4.69, 9.17) is 4.99 Å². The fourth-order valence-electron chi connectivity index (χ4n) is 3.22. The van der Waals surface area contributed by atoms with Crippen molar-refractivity contribution in [1.29, 1.82) is 0 Å². The summed E-state index contributed by atoms with van der Waals surface area (Å²) in [7, 11) is 3.69. The minimum atomic E-state index is 0.150. The molecule has 0 spiro atoms. The summed E-state index contributed by atoms with van der Waals surface area (Å²) in [6, 6.07) is 0.150. The Labute approximate surface area is 161 Å². The minimum absolute atomic E-state index is 0.150. The van der Waals surface area contributed by atoms with Gasteiger partial charge in [0.2, 0.25) is 5.91 Å². The number of allylic oxidation sites excluding steroid dienone is 1. The molecule has 1 amide bonds. The van der Waals surface area contributed by atoms with Crippen LogP contribution >= 0.6 is 0 Å². The van der Waals surface area contributed by atoms with Crippen LogP contribution in [-0.4, -0.2) is 49.4 Å². The maximum atomic E-state index is 12.2. The van der Waals surface area contributed by atoms with Crippen LogP contribution in [0.2, 0.25) is 0 Å². The molecule has 0 N–H and O–H groups in total. The van der Waals surface area contributed by atoms with E-state index in [0.717, 1.165) is 37.8 Å². The SMILES string of the molecule is C=C(C)C(C)C(CCC)CC(C=NC)=NCC(CC)N(C)C(=O)CCC. The summed E-state index contributed by atoms with van der Waals surface area (Å²) < 4.78 is 0. The first-order chi connectivity index (χ1) is 12.3. The quantitative estimate of drug-likeness (QED) is 0.328. The van der Waals surface area contributed by atoms with Crippen molar-refractivity contribution in [3.05, 3.63) is 12.2 Å². The highest BCUT2D eigenvalue weighted by atomic mass is 16.2. The fraction of sp³-hybridized carbons (Fsp3) is 0.773. The average Bonchev–Trinajstić information content (AvgIpc) is 2.60. The summed E-state index contributed by atoms with van der Waals surface area (Å²) in [4.78, 5) is 23.1. The molecule has 4 nitrogen and oxygen atoms in total. The maximum Gasteiger partial charge on any atom is 0.222 e. The third kappa shape index (κ3) is 8.77. The van der Waals surface area contributed by atoms with Gasteiger partial charge in [-0.05, 0) is 44.4 Å². The second-order valence-corrected chi connectivity index (χ2v) is 7.42. The van der Waals surface area contributed by atoms with Crippen LogP contribution in [-0.2, 0) is 4.79 Å². The number of hydrogen-bond donors (Lipinski definition) is 0. The van der Waals surface area contributed by atoms with Crippen LogP contribution in [0.1, 0.15) is 73.1 Å². The predicted octanol–water partition coefficient (Wildman–Crippen LogP) is 5.18. The van der Waals surface area contributed by atoms with Gasteiger partial charge in [-0.3, -0.25) is 14.8 Å². The molecular formula is C22H41N3O. The second-order valence-electron chi connectivity index (χ2n) is 7.42. The fourth-order valence-corrected chi connectivity index (χ4v) is 3.22. The van der Waals surface area contributed by atoms with Gasteiger partial charge in [-0.2, -0.15) is 0 Å². The van der Waals surface area contributed by atoms with Crippen LogP contribution in [0.5, 0.6) is 0 Å². The lowest BCUT2D eigenvalue weighted by atomic mass is 9.82. The van der Waals surface area contributed by atoms with Gasteiger partial charge >= 0.3 is 0 Å². The topological polar surface area (TPSA) is 45.0 Å². The van der Waals surface area contributed by atoms with E-state index in [1.54, 1.807) is 7.05 Å². The smallest absolute Gasteiger partial charge is 0.222 e. The Bertz CT molecular complexity index is 482. The lowest BCUT2D eigenvalue weighted by molar-refractivity contribution is -0.131. The molecule has 0 aromatic carbocycles. The first-order valence-corrected chi connectivity index (χ1v) is 10.2. The third-order valence-electron chi connectivity index (χ3n) is 5.27. The number of carbonyl (C=O) groups excluding carboxylic acids is 1. The third-order valence-corrected chi connectivity index (χ3v) is 5.27. The van der Waals surface area contributed by atoms with E-state index in [1.165, 1.54) is 5.57 Å². The van der Waals surface area contributed by atoms with E-state index >= 15 is 0 Å². The highest BCUT2D eigenvalue weighted by molar-refractivity contribution is 6.30. The van der Waals surface area contributed by atoms with Gasteiger partial charge in [0.05, 0.1) is 18.3 Å². The normalized spacial score (nSPS) is 15.7. The highest BCUT2D eigenvalue weighted by Gasteiger charge is 2.20. The van der Waals surface area contributed by atoms with E-state index in [9.17, 15) is 4.79 Å². The number of rotatable bonds is 13. The van der Waals surface area contributed by atoms with E-state index in [1.807, 2.05) is 25.1 Å². The average molecular weight is 364 g/mol. The number of carbonyl (C=O) groups is 1. The van der Waals surface area contributed by atoms with Crippen LogP contribution in [0, 0.1) is 11.8 Å². The molecule has 3 atom stereocenters. The molecule has 26 heavy (non-hydrogen) atoms. The number of hydrogen-bond acceptors (Lipinski definition) is 3. The standard InChI is InChI=1S/C22H41N3O/c1-9-12-19(18(6)17(4)5)14-20(15-23-7)24-16-21(11-3)25(8)22(26)13-10-2/h15,18-19,21H,4,9-14,16H2,1-3,5-8H3. The molecule has 0 aliphatic heterocycles. The van der Waals surface area contributed by atoms with Crippen molar-refractivity contribution in [2.24, 2.45) is 21.8 Å². The molecule has 0 saturated heterocycles. The van der Waals surface area contributed by atoms with Gasteiger partial charge < -0.3 is 4.90 Å². The van der Waals surface area contributed by atoms with Crippen molar-refractivity contribution in [1.82, 2.24) is 4.90 Å². The van der Waals surface area contributed by atoms with Gasteiger partial charge in [0.15, 0.2) is 0 Å². The molecule has 0 radical (unpaired) electrons. The maximum absolute atomic E-state index is 12.2. The molecule has 0 bridgehead atoms. The summed E-state index contributed by atoms with van der Waals surface area (Å²) in [6.45, 7) is 15.5. The van der Waals surface area contributed by atoms with Crippen molar-refractivity contribution in [3.63, 3.8) is 0 Å². The molecule has 3 unspecified atom stereocenters. The zero-order chi connectivity index (χ0) is 20.1. The molecule has 0 aromatic heterocycles. The Morgan fingerprint density at radius 1 is 1.23 bits per heavy atom. The van der Waals surface area contributed by atoms with Crippen molar-refractivity contribution in [2.75, 3.05) is 20.6 Å². The molecular weight excluding hydrogens is 322 g/mol. The Kier molecular flexibility index (Phi) is 12.9. The van der Waals surface area contributed by atoms with Crippen LogP contribution in [0.3, 0.4) is 0 Å². The van der Waals surface area contributed by atoms with Gasteiger partial charge in [-0.1, -0.05) is 46.3 Å². The summed E-state index contributed by atoms with van der Waals surface area (Å²) in [5, 5.41) is 0. The first-order valence-electron chi connectivity index (χ1n) is 10.2. The number of likely N-dealkylation sites (N-methyl/N-ethyl adjacent to an activating group) is 1. The molecule has 4 heteroatoms. The van der Waals surface area contributed by atoms with E-state index < -0.39 is 0 Å². The monoisotopic (exact) mass is 363 g/mol. The van der Waals surface area contributed by atoms with Gasteiger partial charge in [0, 0.05) is 26.7 Å². The van der Waals surface area contributed by atoms with E-state index in [-0.39, 0.29) is 11.9 Å². The largest absolute Gasteiger partial charge is 0.341 e. The lowest BCUT2D eigenvalue weighted by Crippen LogP contribution is -2.38. The number of aliphatic imine (C=N–C) groups is 2. The number of amides is 1. The summed E-state index contributed by atoms with van der Waals surface area (Å²) in [6.07, 6.45) is 7.52. The van der Waals surface area contributed by atoms with Crippen molar-refractivity contribution >= 4 is 17.8 Å². The second kappa shape index (κ2) is 13.7. The predicted molar refractivity (Wildman–Crippen MR) is 115 cm³/mol. The molecule has 0 heterocycles. The molecule has 0 fully saturated rings. The van der Waals surface area contributed by atoms with Gasteiger partial charge in [0.25, 0.3) is 0 Å². The van der Waals surface area contributed by atoms with Crippen molar-refractivity contribution in [3.8, 4) is 0 Å². The van der Waals surface area contributed by atoms with Crippen LogP contribution < -0.4 is 0 Å². The van der Waals surface area contributed by atoms with Crippen LogP contribution in [0.4, 0.5) is 0 Å². The highest BCUT2D eigenvalue weighted by Crippen LogP contribution is 2.27. The molecule has 0 saturated carbocycles. The molecule has 150 valence electrons. The zero-order valence-electron chi connectivity index (χ0n) is 18.2. The number of nitrogens with zero attached hydrogens (tertiary/aromatic N) is 3. The van der Waals surface area contributed by atoms with Gasteiger partial charge in [0.1, 0.15) is 0 Å². The summed E-state index contributed by atoms with van der Waals surface area (Å²) in [5.74, 6) is 1.22. The van der Waals surface area contributed by atoms with Crippen molar-refractivity contribution in [2.45, 2.75) is 79.2 Å². The Balaban J connectivity index is 5.20. The zero-order valence-corrected chi connectivity index (χ0v) is 18.2. The Morgan fingerprint density at radius 2 is 1.88 bits per heavy atom. The minimum Gasteiger partial charge on any atom is -0.341 e. The first kappa shape index (κ1) is 24.6. The van der Waals surface area contributed by atoms with Crippen molar-refractivity contribution < 1.29 is 4.79 Å². The summed E-state index contributed by atoms with van der Waals surface area (Å²) in [5.41, 5.74) is 2.27. The lowest BCUT2D eigenvalue weighted by Gasteiger charge is -2.27. The molecule has 0 rings (SSSR count). The summed E-state index contributed by atoms with van der Waals surface area (Å²) >= 11 is 0. The van der Waals surface area contributed by atoms with Crippen LogP contribution in [0.15, 0.2) is 22.1 Å². The molecule has 0 aliphatic carbocycles. The van der Waals surface area contributed by atoms with Crippen LogP contribution in [0.25, 0.3) is 0 Å². The van der Waals surface area contributed by atoms with E-state index in [2.05, 4.69) is 39.3 Å². The van der Waals surface area contributed by atoms with Gasteiger partial charge in [-0.15, -0.1) is 0 Å². The molecule has 0 aliphatic rings.